The van der Waals surface area contributed by atoms with Crippen LogP contribution in [-0.2, 0) is 0 Å². The molecule has 0 bridgehead atoms. The Bertz CT molecular complexity index is 176. The second kappa shape index (κ2) is 3.27. The fourth-order valence-electron chi connectivity index (χ4n) is 2.30. The van der Waals surface area contributed by atoms with Gasteiger partial charge in [0, 0.05) is 6.04 Å². The zero-order valence-electron chi connectivity index (χ0n) is 10.1. The number of nitrogens with one attached hydrogen (secondary N) is 1. The van der Waals surface area contributed by atoms with Crippen molar-refractivity contribution in [1.82, 2.24) is 5.32 Å². The molecule has 1 rings (SSSR count). The molecule has 0 heterocycles. The minimum atomic E-state index is 0.451. The van der Waals surface area contributed by atoms with E-state index in [1.165, 1.54) is 12.8 Å². The second-order valence-electron chi connectivity index (χ2n) is 6.46. The molecule has 0 aliphatic heterocycles. The van der Waals surface area contributed by atoms with E-state index in [9.17, 15) is 0 Å². The van der Waals surface area contributed by atoms with Crippen LogP contribution in [0.3, 0.4) is 0 Å². The van der Waals surface area contributed by atoms with Crippen LogP contribution in [0.1, 0.15) is 47.5 Å². The summed E-state index contributed by atoms with van der Waals surface area (Å²) < 4.78 is 0. The zero-order valence-corrected chi connectivity index (χ0v) is 10.1. The van der Waals surface area contributed by atoms with Crippen molar-refractivity contribution in [1.29, 1.82) is 0 Å². The van der Waals surface area contributed by atoms with E-state index >= 15 is 0 Å². The van der Waals surface area contributed by atoms with Crippen molar-refractivity contribution >= 4 is 0 Å². The summed E-state index contributed by atoms with van der Waals surface area (Å²) in [5, 5.41) is 3.48. The molecule has 0 aromatic carbocycles. The van der Waals surface area contributed by atoms with Crippen LogP contribution in [0.15, 0.2) is 0 Å². The predicted molar refractivity (Wildman–Crippen MR) is 58.8 cm³/mol. The molecular weight excluding hydrogens is 158 g/mol. The molecule has 13 heavy (non-hydrogen) atoms. The molecule has 1 saturated carbocycles. The fraction of sp³-hybridized carbons (Fsp3) is 1.00. The van der Waals surface area contributed by atoms with Crippen molar-refractivity contribution < 1.29 is 0 Å². The summed E-state index contributed by atoms with van der Waals surface area (Å²) in [7, 11) is 2.10. The SMILES string of the molecule is CNC(CC(C)(C)C)C1CC1(C)C. The van der Waals surface area contributed by atoms with E-state index in [2.05, 4.69) is 47.0 Å². The Labute approximate surface area is 83.3 Å². The Morgan fingerprint density at radius 2 is 1.85 bits per heavy atom. The molecule has 1 fully saturated rings. The third-order valence-corrected chi connectivity index (χ3v) is 3.28. The lowest BCUT2D eigenvalue weighted by Gasteiger charge is -2.26. The van der Waals surface area contributed by atoms with Crippen LogP contribution in [0.5, 0.6) is 0 Å². The van der Waals surface area contributed by atoms with Crippen LogP contribution in [0.2, 0.25) is 0 Å². The smallest absolute Gasteiger partial charge is 0.0103 e. The molecule has 0 spiro atoms. The summed E-state index contributed by atoms with van der Waals surface area (Å²) >= 11 is 0. The van der Waals surface area contributed by atoms with E-state index in [1.807, 2.05) is 0 Å². The van der Waals surface area contributed by atoms with E-state index < -0.39 is 0 Å². The highest BCUT2D eigenvalue weighted by Gasteiger charge is 2.49. The average molecular weight is 183 g/mol. The van der Waals surface area contributed by atoms with E-state index in [4.69, 9.17) is 0 Å². The van der Waals surface area contributed by atoms with Gasteiger partial charge in [0.15, 0.2) is 0 Å². The molecule has 78 valence electrons. The van der Waals surface area contributed by atoms with Crippen molar-refractivity contribution in [2.75, 3.05) is 7.05 Å². The number of hydrogen-bond donors (Lipinski definition) is 1. The van der Waals surface area contributed by atoms with E-state index in [-0.39, 0.29) is 0 Å². The lowest BCUT2D eigenvalue weighted by Crippen LogP contribution is -2.33. The highest BCUT2D eigenvalue weighted by molar-refractivity contribution is 5.02. The van der Waals surface area contributed by atoms with Gasteiger partial charge >= 0.3 is 0 Å². The van der Waals surface area contributed by atoms with Crippen LogP contribution in [0.25, 0.3) is 0 Å². The first-order valence-electron chi connectivity index (χ1n) is 5.43. The summed E-state index contributed by atoms with van der Waals surface area (Å²) in [6.07, 6.45) is 2.69. The van der Waals surface area contributed by atoms with Gasteiger partial charge in [0.2, 0.25) is 0 Å². The molecule has 2 atom stereocenters. The Morgan fingerprint density at radius 3 is 2.08 bits per heavy atom. The monoisotopic (exact) mass is 183 g/mol. The Morgan fingerprint density at radius 1 is 1.38 bits per heavy atom. The molecule has 0 aromatic rings. The Kier molecular flexibility index (Phi) is 2.78. The third kappa shape index (κ3) is 2.98. The van der Waals surface area contributed by atoms with Crippen LogP contribution >= 0.6 is 0 Å². The molecule has 1 aliphatic carbocycles. The first kappa shape index (κ1) is 11.0. The van der Waals surface area contributed by atoms with E-state index in [0.717, 1.165) is 12.0 Å². The van der Waals surface area contributed by atoms with Gasteiger partial charge in [-0.2, -0.15) is 0 Å². The van der Waals surface area contributed by atoms with Crippen molar-refractivity contribution in [3.8, 4) is 0 Å². The summed E-state index contributed by atoms with van der Waals surface area (Å²) in [6.45, 7) is 11.7. The average Bonchev–Trinajstić information content (AvgIpc) is 2.53. The van der Waals surface area contributed by atoms with Gasteiger partial charge in [0.05, 0.1) is 0 Å². The predicted octanol–water partition coefficient (Wildman–Crippen LogP) is 3.06. The maximum absolute atomic E-state index is 3.48. The maximum atomic E-state index is 3.48. The molecule has 2 unspecified atom stereocenters. The van der Waals surface area contributed by atoms with Gasteiger partial charge in [-0.05, 0) is 36.6 Å². The molecule has 1 heteroatoms. The first-order chi connectivity index (χ1) is 5.76. The molecule has 0 amide bonds. The summed E-state index contributed by atoms with van der Waals surface area (Å²) in [6, 6.07) is 0.718. The fourth-order valence-corrected chi connectivity index (χ4v) is 2.30. The maximum Gasteiger partial charge on any atom is 0.0103 e. The highest BCUT2D eigenvalue weighted by Crippen LogP contribution is 2.54. The number of hydrogen-bond acceptors (Lipinski definition) is 1. The lowest BCUT2D eigenvalue weighted by atomic mass is 9.85. The summed E-state index contributed by atoms with van der Waals surface area (Å²) in [4.78, 5) is 0. The van der Waals surface area contributed by atoms with Gasteiger partial charge in [-0.25, -0.2) is 0 Å². The molecule has 1 aliphatic rings. The normalized spacial score (nSPS) is 28.6. The first-order valence-corrected chi connectivity index (χ1v) is 5.43. The molecule has 1 N–H and O–H groups in total. The van der Waals surface area contributed by atoms with Crippen LogP contribution in [0, 0.1) is 16.7 Å². The number of rotatable bonds is 3. The van der Waals surface area contributed by atoms with Crippen molar-refractivity contribution in [2.24, 2.45) is 16.7 Å². The van der Waals surface area contributed by atoms with Gasteiger partial charge in [-0.1, -0.05) is 34.6 Å². The quantitative estimate of drug-likeness (QED) is 0.709. The third-order valence-electron chi connectivity index (χ3n) is 3.28. The van der Waals surface area contributed by atoms with Gasteiger partial charge < -0.3 is 5.32 Å². The summed E-state index contributed by atoms with van der Waals surface area (Å²) in [5.41, 5.74) is 1.05. The van der Waals surface area contributed by atoms with E-state index in [0.29, 0.717) is 10.8 Å². The molecule has 0 radical (unpaired) electrons. The van der Waals surface area contributed by atoms with Crippen molar-refractivity contribution in [3.05, 3.63) is 0 Å². The van der Waals surface area contributed by atoms with Gasteiger partial charge in [-0.3, -0.25) is 0 Å². The minimum absolute atomic E-state index is 0.451. The van der Waals surface area contributed by atoms with Gasteiger partial charge in [0.1, 0.15) is 0 Å². The van der Waals surface area contributed by atoms with Gasteiger partial charge in [0.25, 0.3) is 0 Å². The largest absolute Gasteiger partial charge is 0.317 e. The van der Waals surface area contributed by atoms with Crippen LogP contribution < -0.4 is 5.32 Å². The van der Waals surface area contributed by atoms with Crippen molar-refractivity contribution in [2.45, 2.75) is 53.5 Å². The minimum Gasteiger partial charge on any atom is -0.317 e. The molecular formula is C12H25N. The highest BCUT2D eigenvalue weighted by atomic mass is 14.9. The van der Waals surface area contributed by atoms with Crippen LogP contribution in [-0.4, -0.2) is 13.1 Å². The topological polar surface area (TPSA) is 12.0 Å². The second-order valence-corrected chi connectivity index (χ2v) is 6.46. The molecule has 1 nitrogen and oxygen atoms in total. The van der Waals surface area contributed by atoms with E-state index in [1.54, 1.807) is 0 Å². The molecule has 0 saturated heterocycles. The molecule has 0 aromatic heterocycles. The van der Waals surface area contributed by atoms with Gasteiger partial charge in [-0.15, -0.1) is 0 Å². The standard InChI is InChI=1S/C12H25N/c1-11(2,3)8-10(13-6)9-7-12(9,4)5/h9-10,13H,7-8H2,1-6H3. The Hall–Kier alpha value is -0.0400. The van der Waals surface area contributed by atoms with Crippen LogP contribution in [0.4, 0.5) is 0 Å². The Balaban J connectivity index is 2.46. The zero-order chi connectivity index (χ0) is 10.3. The summed E-state index contributed by atoms with van der Waals surface area (Å²) in [5.74, 6) is 0.900. The van der Waals surface area contributed by atoms with Crippen molar-refractivity contribution in [3.63, 3.8) is 0 Å². The lowest BCUT2D eigenvalue weighted by molar-refractivity contribution is 0.282.